The topological polar surface area (TPSA) is 151 Å². The number of carbonyl (C=O) groups excluding carboxylic acids is 1. The number of rotatable bonds is 11. The minimum Gasteiger partial charge on any atom is -0.369 e. The number of aliphatic hydroxyl groups is 1. The van der Waals surface area contributed by atoms with Crippen LogP contribution in [0.25, 0.3) is 10.4 Å². The molecule has 0 bridgehead atoms. The van der Waals surface area contributed by atoms with E-state index in [1.807, 2.05) is 44.2 Å². The zero-order valence-corrected chi connectivity index (χ0v) is 26.7. The van der Waals surface area contributed by atoms with Gasteiger partial charge in [0.1, 0.15) is 11.1 Å². The highest BCUT2D eigenvalue weighted by Gasteiger charge is 2.29. The number of hydrogen-bond acceptors (Lipinski definition) is 9. The molecule has 0 saturated carbocycles. The number of anilines is 1. The van der Waals surface area contributed by atoms with Gasteiger partial charge in [-0.3, -0.25) is 5.32 Å². The van der Waals surface area contributed by atoms with Crippen LogP contribution in [0.15, 0.2) is 59.6 Å². The second kappa shape index (κ2) is 14.2. The summed E-state index contributed by atoms with van der Waals surface area (Å²) in [6.45, 7) is 9.71. The summed E-state index contributed by atoms with van der Waals surface area (Å²) in [5.74, 6) is 0. The van der Waals surface area contributed by atoms with Gasteiger partial charge in [0, 0.05) is 35.6 Å². The molecule has 1 fully saturated rings. The highest BCUT2D eigenvalue weighted by Crippen LogP contribution is 2.38. The van der Waals surface area contributed by atoms with Gasteiger partial charge in [0.15, 0.2) is 0 Å². The number of sulfonamides is 1. The van der Waals surface area contributed by atoms with Crippen molar-refractivity contribution in [3.05, 3.63) is 65.3 Å². The Morgan fingerprint density at radius 1 is 1.16 bits per heavy atom. The first-order chi connectivity index (χ1) is 20.3. The van der Waals surface area contributed by atoms with Gasteiger partial charge in [0.25, 0.3) is 0 Å². The summed E-state index contributed by atoms with van der Waals surface area (Å²) in [6, 6.07) is 13.8. The largest absolute Gasteiger partial charge is 0.369 e. The highest BCUT2D eigenvalue weighted by atomic mass is 32.2. The quantitative estimate of drug-likeness (QED) is 0.191. The molecule has 2 heterocycles. The van der Waals surface area contributed by atoms with Crippen LogP contribution in [0.4, 0.5) is 10.5 Å². The molecule has 3 aromatic rings. The zero-order chi connectivity index (χ0) is 31.2. The summed E-state index contributed by atoms with van der Waals surface area (Å²) in [7, 11) is -3.97. The number of hydrogen-bond donors (Lipinski definition) is 5. The third-order valence-corrected chi connectivity index (χ3v) is 9.31. The molecule has 0 radical (unpaired) electrons. The van der Waals surface area contributed by atoms with Gasteiger partial charge in [-0.2, -0.15) is 0 Å². The van der Waals surface area contributed by atoms with E-state index in [0.29, 0.717) is 35.7 Å². The molecule has 5 N–H and O–H groups in total. The standard InChI is InChI=1S/C30H41N5O6S2/c1-19(2)41-29(37)34-22-12-14-24(40-18-22)27-31-17-25(42-27)23-13-11-21(15-26(23)43(38,39)35-30(3,4)5)33-28(36)32-16-20-9-7-6-8-10-20/h6-11,13,15,17,19,22,24,29,34-35,37H,12,14,16,18H2,1-5H3,(H2,32,33,36)/t22-,24+,29?/m1/s1. The molecule has 1 aromatic heterocycles. The highest BCUT2D eigenvalue weighted by molar-refractivity contribution is 7.89. The molecule has 11 nitrogen and oxygen atoms in total. The number of benzene rings is 2. The fraction of sp³-hybridized carbons (Fsp3) is 0.467. The van der Waals surface area contributed by atoms with Gasteiger partial charge in [-0.15, -0.1) is 11.3 Å². The molecule has 1 aliphatic heterocycles. The first kappa shape index (κ1) is 33.0. The lowest BCUT2D eigenvalue weighted by Crippen LogP contribution is -2.45. The lowest BCUT2D eigenvalue weighted by Gasteiger charge is -2.30. The van der Waals surface area contributed by atoms with Crippen molar-refractivity contribution in [3.8, 4) is 10.4 Å². The molecule has 3 atom stereocenters. The molecule has 0 spiro atoms. The van der Waals surface area contributed by atoms with E-state index in [1.54, 1.807) is 39.1 Å². The van der Waals surface area contributed by atoms with Crippen molar-refractivity contribution in [1.29, 1.82) is 0 Å². The Hall–Kier alpha value is -2.91. The molecular formula is C30H41N5O6S2. The van der Waals surface area contributed by atoms with Crippen LogP contribution in [0.2, 0.25) is 0 Å². The second-order valence-corrected chi connectivity index (χ2v) is 14.4. The third kappa shape index (κ3) is 9.80. The number of aromatic nitrogens is 1. The summed E-state index contributed by atoms with van der Waals surface area (Å²) in [4.78, 5) is 17.9. The maximum absolute atomic E-state index is 13.6. The van der Waals surface area contributed by atoms with Crippen molar-refractivity contribution >= 4 is 33.1 Å². The van der Waals surface area contributed by atoms with Crippen molar-refractivity contribution < 1.29 is 27.8 Å². The Balaban J connectivity index is 1.50. The molecule has 1 aliphatic rings. The summed E-state index contributed by atoms with van der Waals surface area (Å²) in [5, 5.41) is 19.3. The molecular weight excluding hydrogens is 590 g/mol. The number of carbonyl (C=O) groups is 1. The van der Waals surface area contributed by atoms with E-state index >= 15 is 0 Å². The van der Waals surface area contributed by atoms with Gasteiger partial charge < -0.3 is 25.2 Å². The first-order valence-electron chi connectivity index (χ1n) is 14.2. The zero-order valence-electron chi connectivity index (χ0n) is 25.1. The Morgan fingerprint density at radius 2 is 1.91 bits per heavy atom. The third-order valence-electron chi connectivity index (χ3n) is 6.39. The Morgan fingerprint density at radius 3 is 2.56 bits per heavy atom. The van der Waals surface area contributed by atoms with Crippen LogP contribution < -0.4 is 20.7 Å². The monoisotopic (exact) mass is 631 g/mol. The van der Waals surface area contributed by atoms with E-state index in [9.17, 15) is 18.3 Å². The molecule has 2 aromatic carbocycles. The number of nitrogens with zero attached hydrogens (tertiary/aromatic N) is 1. The van der Waals surface area contributed by atoms with Crippen LogP contribution in [0.3, 0.4) is 0 Å². The summed E-state index contributed by atoms with van der Waals surface area (Å²) < 4.78 is 41.3. The number of urea groups is 1. The first-order valence-corrected chi connectivity index (χ1v) is 16.5. The number of aliphatic hydroxyl groups excluding tert-OH is 1. The lowest BCUT2D eigenvalue weighted by molar-refractivity contribution is -0.157. The van der Waals surface area contributed by atoms with E-state index in [-0.39, 0.29) is 23.1 Å². The molecule has 234 valence electrons. The molecule has 4 rings (SSSR count). The average Bonchev–Trinajstić information content (AvgIpc) is 3.41. The Kier molecular flexibility index (Phi) is 10.9. The predicted octanol–water partition coefficient (Wildman–Crippen LogP) is 4.72. The van der Waals surface area contributed by atoms with Crippen molar-refractivity contribution in [2.45, 2.75) is 89.1 Å². The fourth-order valence-electron chi connectivity index (χ4n) is 4.57. The number of thiazole rings is 1. The van der Waals surface area contributed by atoms with E-state index in [0.717, 1.165) is 17.0 Å². The van der Waals surface area contributed by atoms with E-state index in [1.165, 1.54) is 17.4 Å². The maximum Gasteiger partial charge on any atom is 0.319 e. The van der Waals surface area contributed by atoms with Crippen molar-refractivity contribution in [2.24, 2.45) is 0 Å². The number of ether oxygens (including phenoxy) is 2. The van der Waals surface area contributed by atoms with Crippen LogP contribution in [0.5, 0.6) is 0 Å². The molecule has 13 heteroatoms. The number of nitrogens with one attached hydrogen (secondary N) is 4. The van der Waals surface area contributed by atoms with Gasteiger partial charge in [-0.1, -0.05) is 36.4 Å². The van der Waals surface area contributed by atoms with E-state index < -0.39 is 28.0 Å². The molecule has 43 heavy (non-hydrogen) atoms. The van der Waals surface area contributed by atoms with Crippen LogP contribution in [-0.4, -0.2) is 55.2 Å². The van der Waals surface area contributed by atoms with Gasteiger partial charge in [0.2, 0.25) is 16.4 Å². The summed E-state index contributed by atoms with van der Waals surface area (Å²) >= 11 is 1.37. The second-order valence-electron chi connectivity index (χ2n) is 11.7. The van der Waals surface area contributed by atoms with Crippen LogP contribution >= 0.6 is 11.3 Å². The minimum atomic E-state index is -3.97. The van der Waals surface area contributed by atoms with Crippen LogP contribution in [0.1, 0.15) is 64.1 Å². The smallest absolute Gasteiger partial charge is 0.319 e. The molecule has 0 aliphatic carbocycles. The van der Waals surface area contributed by atoms with Crippen molar-refractivity contribution in [2.75, 3.05) is 11.9 Å². The van der Waals surface area contributed by atoms with Gasteiger partial charge >= 0.3 is 6.03 Å². The Labute approximate surface area is 257 Å². The number of amides is 2. The van der Waals surface area contributed by atoms with E-state index in [2.05, 4.69) is 25.7 Å². The molecule has 1 unspecified atom stereocenters. The van der Waals surface area contributed by atoms with Gasteiger partial charge in [0.05, 0.1) is 22.5 Å². The van der Waals surface area contributed by atoms with Gasteiger partial charge in [-0.05, 0) is 65.2 Å². The fourth-order valence-corrected chi connectivity index (χ4v) is 7.35. The normalized spacial score (nSPS) is 18.4. The minimum absolute atomic E-state index is 0.0338. The van der Waals surface area contributed by atoms with Crippen molar-refractivity contribution in [1.82, 2.24) is 20.3 Å². The van der Waals surface area contributed by atoms with Crippen LogP contribution in [0, 0.1) is 0 Å². The lowest BCUT2D eigenvalue weighted by atomic mass is 10.1. The summed E-state index contributed by atoms with van der Waals surface area (Å²) in [5.41, 5.74) is 1.03. The van der Waals surface area contributed by atoms with Gasteiger partial charge in [-0.25, -0.2) is 22.9 Å². The average molecular weight is 632 g/mol. The SMILES string of the molecule is CC(C)OC(O)N[C@@H]1CC[C@@H](c2ncc(-c3ccc(NC(=O)NCc4ccccc4)cc3S(=O)(=O)NC(C)(C)C)s2)OC1. The maximum atomic E-state index is 13.6. The Bertz CT molecular complexity index is 1470. The molecule has 2 amide bonds. The predicted molar refractivity (Wildman–Crippen MR) is 167 cm³/mol. The summed E-state index contributed by atoms with van der Waals surface area (Å²) in [6.07, 6.45) is 1.66. The van der Waals surface area contributed by atoms with Crippen LogP contribution in [-0.2, 0) is 26.0 Å². The van der Waals surface area contributed by atoms with E-state index in [4.69, 9.17) is 9.47 Å². The van der Waals surface area contributed by atoms with Crippen molar-refractivity contribution in [3.63, 3.8) is 0 Å². The molecule has 1 saturated heterocycles.